The zero-order chi connectivity index (χ0) is 26.6. The van der Waals surface area contributed by atoms with E-state index in [9.17, 15) is 0 Å². The fraction of sp³-hybridized carbons (Fsp3) is 0.333. The summed E-state index contributed by atoms with van der Waals surface area (Å²) in [6, 6.07) is 7.64. The molecule has 4 aromatic rings. The summed E-state index contributed by atoms with van der Waals surface area (Å²) in [4.78, 5) is 25.2. The number of ether oxygens (including phenoxy) is 3. The average molecular weight is 525 g/mol. The van der Waals surface area contributed by atoms with Crippen LogP contribution in [0.3, 0.4) is 0 Å². The molecule has 0 amide bonds. The molecule has 9 heteroatoms. The van der Waals surface area contributed by atoms with Crippen LogP contribution >= 0.6 is 0 Å². The molecule has 0 saturated carbocycles. The Morgan fingerprint density at radius 1 is 0.641 bits per heavy atom. The molecule has 4 aromatic heterocycles. The fourth-order valence-electron chi connectivity index (χ4n) is 4.71. The first-order valence-electron chi connectivity index (χ1n) is 13.4. The highest BCUT2D eigenvalue weighted by Gasteiger charge is 2.16. The lowest BCUT2D eigenvalue weighted by Crippen LogP contribution is -2.12. The van der Waals surface area contributed by atoms with Crippen molar-refractivity contribution in [3.63, 3.8) is 0 Å². The van der Waals surface area contributed by atoms with Gasteiger partial charge in [-0.3, -0.25) is 0 Å². The number of H-pyrrole nitrogens is 2. The molecule has 6 rings (SSSR count). The summed E-state index contributed by atoms with van der Waals surface area (Å²) in [6.07, 6.45) is 11.8. The topological polar surface area (TPSA) is 111 Å². The van der Waals surface area contributed by atoms with Crippen LogP contribution in [0, 0.1) is 0 Å². The van der Waals surface area contributed by atoms with E-state index in [-0.39, 0.29) is 0 Å². The van der Waals surface area contributed by atoms with Crippen molar-refractivity contribution in [1.82, 2.24) is 29.9 Å². The second kappa shape index (κ2) is 11.2. The van der Waals surface area contributed by atoms with Crippen LogP contribution in [0.1, 0.15) is 49.5 Å². The normalized spacial score (nSPS) is 14.3. The largest absolute Gasteiger partial charge is 0.490 e. The van der Waals surface area contributed by atoms with Crippen molar-refractivity contribution in [2.24, 2.45) is 0 Å². The molecular weight excluding hydrogens is 492 g/mol. The summed E-state index contributed by atoms with van der Waals surface area (Å²) in [5.74, 6) is 2.97. The van der Waals surface area contributed by atoms with Crippen molar-refractivity contribution in [2.45, 2.75) is 39.5 Å². The van der Waals surface area contributed by atoms with Gasteiger partial charge in [0, 0.05) is 11.4 Å². The molecule has 0 aliphatic heterocycles. The first kappa shape index (κ1) is 25.1. The van der Waals surface area contributed by atoms with Gasteiger partial charge in [0.2, 0.25) is 0 Å². The Morgan fingerprint density at radius 3 is 1.56 bits per heavy atom. The van der Waals surface area contributed by atoms with E-state index >= 15 is 0 Å². The third-order valence-electron chi connectivity index (χ3n) is 6.88. The highest BCUT2D eigenvalue weighted by Crippen LogP contribution is 2.27. The molecule has 0 atom stereocenters. The minimum atomic E-state index is 0.429. The van der Waals surface area contributed by atoms with Crippen molar-refractivity contribution in [3.8, 4) is 34.5 Å². The number of fused-ring (bicyclic) bond motifs is 2. The zero-order valence-electron chi connectivity index (χ0n) is 22.3. The monoisotopic (exact) mass is 524 g/mol. The van der Waals surface area contributed by atoms with E-state index < -0.39 is 0 Å². The Balaban J connectivity index is 0.898. The Kier molecular flexibility index (Phi) is 7.23. The molecule has 0 fully saturated rings. The SMILES string of the molecule is CC1=Cc2nc(-c3ccc(OCCOCCOc4ccc(-c5nc6c([nH]5)CCC(C)=C6)nc4)cn3)[nH]c2CC1. The number of nitrogens with one attached hydrogen (secondary N) is 2. The average Bonchev–Trinajstić information content (AvgIpc) is 3.57. The zero-order valence-corrected chi connectivity index (χ0v) is 22.3. The summed E-state index contributed by atoms with van der Waals surface area (Å²) < 4.78 is 17.2. The van der Waals surface area contributed by atoms with Crippen LogP contribution in [0.5, 0.6) is 11.5 Å². The van der Waals surface area contributed by atoms with Crippen LogP contribution in [-0.2, 0) is 17.6 Å². The van der Waals surface area contributed by atoms with Gasteiger partial charge in [-0.25, -0.2) is 19.9 Å². The molecule has 4 heterocycles. The van der Waals surface area contributed by atoms with Gasteiger partial charge < -0.3 is 24.2 Å². The van der Waals surface area contributed by atoms with E-state index in [0.717, 1.165) is 60.1 Å². The van der Waals surface area contributed by atoms with Crippen LogP contribution in [0.25, 0.3) is 35.2 Å². The quantitative estimate of drug-likeness (QED) is 0.266. The number of aromatic nitrogens is 6. The van der Waals surface area contributed by atoms with E-state index in [4.69, 9.17) is 14.2 Å². The van der Waals surface area contributed by atoms with Crippen molar-refractivity contribution >= 4 is 12.2 Å². The number of nitrogens with zero attached hydrogens (tertiary/aromatic N) is 4. The van der Waals surface area contributed by atoms with Crippen LogP contribution in [0.4, 0.5) is 0 Å². The van der Waals surface area contributed by atoms with Crippen LogP contribution in [-0.4, -0.2) is 56.3 Å². The molecule has 0 radical (unpaired) electrons. The summed E-state index contributed by atoms with van der Waals surface area (Å²) in [7, 11) is 0. The van der Waals surface area contributed by atoms with Gasteiger partial charge in [-0.1, -0.05) is 11.1 Å². The molecule has 0 unspecified atom stereocenters. The predicted molar refractivity (Wildman–Crippen MR) is 149 cm³/mol. The van der Waals surface area contributed by atoms with Gasteiger partial charge in [0.15, 0.2) is 11.6 Å². The van der Waals surface area contributed by atoms with E-state index in [1.54, 1.807) is 12.4 Å². The predicted octanol–water partition coefficient (Wildman–Crippen LogP) is 5.43. The second-order valence-electron chi connectivity index (χ2n) is 9.95. The highest BCUT2D eigenvalue weighted by molar-refractivity contribution is 5.61. The van der Waals surface area contributed by atoms with Gasteiger partial charge in [0.25, 0.3) is 0 Å². The molecule has 0 bridgehead atoms. The van der Waals surface area contributed by atoms with Crippen molar-refractivity contribution < 1.29 is 14.2 Å². The van der Waals surface area contributed by atoms with Crippen molar-refractivity contribution in [1.29, 1.82) is 0 Å². The van der Waals surface area contributed by atoms with Crippen LogP contribution in [0.2, 0.25) is 0 Å². The molecule has 2 N–H and O–H groups in total. The van der Waals surface area contributed by atoms with Crippen LogP contribution < -0.4 is 9.47 Å². The fourth-order valence-corrected chi connectivity index (χ4v) is 4.71. The third kappa shape index (κ3) is 5.93. The van der Waals surface area contributed by atoms with E-state index in [2.05, 4.69) is 55.9 Å². The number of hydrogen-bond donors (Lipinski definition) is 2. The molecular formula is C30H32N6O3. The maximum Gasteiger partial charge on any atom is 0.156 e. The van der Waals surface area contributed by atoms with Crippen LogP contribution in [0.15, 0.2) is 47.8 Å². The summed E-state index contributed by atoms with van der Waals surface area (Å²) in [6.45, 7) is 6.05. The maximum atomic E-state index is 5.76. The molecule has 39 heavy (non-hydrogen) atoms. The summed E-state index contributed by atoms with van der Waals surface area (Å²) in [5, 5.41) is 0. The minimum Gasteiger partial charge on any atom is -0.490 e. The summed E-state index contributed by atoms with van der Waals surface area (Å²) in [5.41, 5.74) is 8.69. The van der Waals surface area contributed by atoms with Gasteiger partial charge in [-0.15, -0.1) is 0 Å². The van der Waals surface area contributed by atoms with E-state index in [1.807, 2.05) is 24.3 Å². The van der Waals surface area contributed by atoms with Gasteiger partial charge >= 0.3 is 0 Å². The van der Waals surface area contributed by atoms with E-state index in [1.165, 1.54) is 22.5 Å². The van der Waals surface area contributed by atoms with Gasteiger partial charge in [0.1, 0.15) is 36.1 Å². The Bertz CT molecular complexity index is 1380. The second-order valence-corrected chi connectivity index (χ2v) is 9.95. The minimum absolute atomic E-state index is 0.429. The van der Waals surface area contributed by atoms with Gasteiger partial charge in [-0.2, -0.15) is 0 Å². The number of aromatic amines is 2. The maximum absolute atomic E-state index is 5.76. The number of pyridine rings is 2. The Hall–Kier alpha value is -4.24. The first-order chi connectivity index (χ1) is 19.1. The highest BCUT2D eigenvalue weighted by atomic mass is 16.5. The molecule has 9 nitrogen and oxygen atoms in total. The van der Waals surface area contributed by atoms with Gasteiger partial charge in [-0.05, 0) is 75.9 Å². The molecule has 0 saturated heterocycles. The number of hydrogen-bond acceptors (Lipinski definition) is 7. The number of imidazole rings is 2. The van der Waals surface area contributed by atoms with Crippen molar-refractivity contribution in [2.75, 3.05) is 26.4 Å². The first-order valence-corrected chi connectivity index (χ1v) is 13.4. The number of rotatable bonds is 10. The molecule has 0 aromatic carbocycles. The lowest BCUT2D eigenvalue weighted by molar-refractivity contribution is 0.0762. The summed E-state index contributed by atoms with van der Waals surface area (Å²) >= 11 is 0. The Morgan fingerprint density at radius 2 is 1.13 bits per heavy atom. The lowest BCUT2D eigenvalue weighted by atomic mass is 10.0. The smallest absolute Gasteiger partial charge is 0.156 e. The molecule has 2 aliphatic rings. The lowest BCUT2D eigenvalue weighted by Gasteiger charge is -2.09. The van der Waals surface area contributed by atoms with E-state index in [0.29, 0.717) is 37.9 Å². The van der Waals surface area contributed by atoms with Crippen molar-refractivity contribution in [3.05, 3.63) is 70.6 Å². The third-order valence-corrected chi connectivity index (χ3v) is 6.88. The molecule has 200 valence electrons. The standard InChI is InChI=1S/C30H32N6O3/c1-19-3-7-23-27(15-19)35-29(33-23)25-9-5-21(17-31-25)38-13-11-37-12-14-39-22-6-10-26(32-18-22)30-34-24-8-4-20(2)16-28(24)36-30/h5-6,9-10,15-18H,3-4,7-8,11-14H2,1-2H3,(H,33,35)(H,34,36). The number of allylic oxidation sites excluding steroid dienone is 2. The Labute approximate surface area is 227 Å². The molecule has 0 spiro atoms. The van der Waals surface area contributed by atoms with Gasteiger partial charge in [0.05, 0.1) is 37.0 Å². The molecule has 2 aliphatic carbocycles. The number of aryl methyl sites for hydroxylation is 2.